The monoisotopic (exact) mass is 412 g/mol. The van der Waals surface area contributed by atoms with Gasteiger partial charge >= 0.3 is 0 Å². The van der Waals surface area contributed by atoms with Crippen LogP contribution in [0.25, 0.3) is 11.4 Å². The van der Waals surface area contributed by atoms with Gasteiger partial charge in [-0.05, 0) is 49.1 Å². The first-order chi connectivity index (χ1) is 14.0. The number of hydrogen-bond acceptors (Lipinski definition) is 4. The number of thioether (sulfide) groups is 1. The van der Waals surface area contributed by atoms with E-state index in [-0.39, 0.29) is 17.5 Å². The Balaban J connectivity index is 1.64. The Morgan fingerprint density at radius 2 is 1.86 bits per heavy atom. The van der Waals surface area contributed by atoms with Crippen LogP contribution in [-0.2, 0) is 11.3 Å². The molecule has 0 radical (unpaired) electrons. The van der Waals surface area contributed by atoms with E-state index in [2.05, 4.69) is 29.4 Å². The van der Waals surface area contributed by atoms with Crippen LogP contribution in [0.5, 0.6) is 0 Å². The predicted octanol–water partition coefficient (Wildman–Crippen LogP) is 5.35. The minimum atomic E-state index is -0.343. The molecule has 1 atom stereocenters. The molecule has 152 valence electrons. The zero-order valence-corrected chi connectivity index (χ0v) is 17.7. The average molecular weight is 413 g/mol. The van der Waals surface area contributed by atoms with E-state index in [9.17, 15) is 9.18 Å². The Morgan fingerprint density at radius 3 is 2.52 bits per heavy atom. The summed E-state index contributed by atoms with van der Waals surface area (Å²) in [6.45, 7) is 6.86. The van der Waals surface area contributed by atoms with Gasteiger partial charge in [0.25, 0.3) is 0 Å². The van der Waals surface area contributed by atoms with E-state index in [1.165, 1.54) is 23.4 Å². The maximum absolute atomic E-state index is 14.1. The summed E-state index contributed by atoms with van der Waals surface area (Å²) < 4.78 is 15.9. The zero-order valence-electron chi connectivity index (χ0n) is 16.9. The van der Waals surface area contributed by atoms with Gasteiger partial charge in [0, 0.05) is 12.2 Å². The summed E-state index contributed by atoms with van der Waals surface area (Å²) in [7, 11) is 0. The van der Waals surface area contributed by atoms with Gasteiger partial charge in [-0.25, -0.2) is 4.39 Å². The number of hydrogen-bond donors (Lipinski definition) is 1. The van der Waals surface area contributed by atoms with Crippen molar-refractivity contribution in [3.05, 3.63) is 59.9 Å². The maximum Gasteiger partial charge on any atom is 0.234 e. The van der Waals surface area contributed by atoms with Crippen molar-refractivity contribution in [2.75, 3.05) is 11.1 Å². The zero-order chi connectivity index (χ0) is 20.8. The average Bonchev–Trinajstić information content (AvgIpc) is 3.15. The van der Waals surface area contributed by atoms with Gasteiger partial charge in [0.15, 0.2) is 11.0 Å². The first-order valence-corrected chi connectivity index (χ1v) is 10.7. The molecule has 1 heterocycles. The van der Waals surface area contributed by atoms with Crippen LogP contribution in [0.4, 0.5) is 10.1 Å². The van der Waals surface area contributed by atoms with E-state index in [1.54, 1.807) is 18.2 Å². The van der Waals surface area contributed by atoms with Gasteiger partial charge in [-0.15, -0.1) is 10.2 Å². The second-order valence-corrected chi connectivity index (χ2v) is 7.74. The second kappa shape index (κ2) is 9.69. The van der Waals surface area contributed by atoms with Crippen LogP contribution in [0.1, 0.15) is 38.7 Å². The lowest BCUT2D eigenvalue weighted by Gasteiger charge is -2.11. The molecule has 29 heavy (non-hydrogen) atoms. The molecule has 3 rings (SSSR count). The molecule has 1 N–H and O–H groups in total. The molecule has 0 aliphatic heterocycles. The molecule has 0 saturated carbocycles. The highest BCUT2D eigenvalue weighted by Crippen LogP contribution is 2.26. The predicted molar refractivity (Wildman–Crippen MR) is 116 cm³/mol. The minimum absolute atomic E-state index is 0.121. The van der Waals surface area contributed by atoms with Crippen LogP contribution < -0.4 is 5.32 Å². The second-order valence-electron chi connectivity index (χ2n) is 6.80. The molecule has 0 spiro atoms. The molecule has 0 aliphatic rings. The van der Waals surface area contributed by atoms with Crippen molar-refractivity contribution >= 4 is 23.4 Å². The Morgan fingerprint density at radius 1 is 1.14 bits per heavy atom. The summed E-state index contributed by atoms with van der Waals surface area (Å²) in [6.07, 6.45) is 1.08. The fourth-order valence-electron chi connectivity index (χ4n) is 2.98. The number of nitrogens with zero attached hydrogens (tertiary/aromatic N) is 3. The third-order valence-electron chi connectivity index (χ3n) is 4.86. The van der Waals surface area contributed by atoms with Crippen LogP contribution in [0.2, 0.25) is 0 Å². The van der Waals surface area contributed by atoms with E-state index in [1.807, 2.05) is 35.8 Å². The van der Waals surface area contributed by atoms with E-state index in [4.69, 9.17) is 0 Å². The lowest BCUT2D eigenvalue weighted by Crippen LogP contribution is -2.14. The normalized spacial score (nSPS) is 12.0. The van der Waals surface area contributed by atoms with E-state index in [0.717, 1.165) is 12.1 Å². The summed E-state index contributed by atoms with van der Waals surface area (Å²) in [5.74, 6) is 0.699. The third kappa shape index (κ3) is 5.03. The number of rotatable bonds is 8. The first kappa shape index (κ1) is 21.0. The first-order valence-electron chi connectivity index (χ1n) is 9.74. The van der Waals surface area contributed by atoms with Gasteiger partial charge in [0.05, 0.1) is 11.3 Å². The van der Waals surface area contributed by atoms with Crippen molar-refractivity contribution < 1.29 is 9.18 Å². The number of carbonyl (C=O) groups excluding carboxylic acids is 1. The summed E-state index contributed by atoms with van der Waals surface area (Å²) in [5.41, 5.74) is 2.43. The largest absolute Gasteiger partial charge is 0.325 e. The van der Waals surface area contributed by atoms with E-state index < -0.39 is 0 Å². The molecule has 0 saturated heterocycles. The highest BCUT2D eigenvalue weighted by molar-refractivity contribution is 7.99. The molecular weight excluding hydrogens is 387 g/mol. The van der Waals surface area contributed by atoms with Gasteiger partial charge in [-0.2, -0.15) is 0 Å². The molecule has 1 aromatic heterocycles. The molecule has 3 aromatic rings. The summed E-state index contributed by atoms with van der Waals surface area (Å²) in [6, 6.07) is 14.4. The lowest BCUT2D eigenvalue weighted by atomic mass is 9.99. The number of nitrogens with one attached hydrogen (secondary N) is 1. The van der Waals surface area contributed by atoms with Crippen LogP contribution in [0, 0.1) is 5.82 Å². The van der Waals surface area contributed by atoms with Crippen LogP contribution >= 0.6 is 11.8 Å². The van der Waals surface area contributed by atoms with Crippen LogP contribution in [0.15, 0.2) is 53.7 Å². The molecule has 2 aromatic carbocycles. The number of aromatic nitrogens is 3. The van der Waals surface area contributed by atoms with Gasteiger partial charge < -0.3 is 9.88 Å². The summed E-state index contributed by atoms with van der Waals surface area (Å²) >= 11 is 1.29. The number of benzene rings is 2. The van der Waals surface area contributed by atoms with E-state index >= 15 is 0 Å². The van der Waals surface area contributed by atoms with Crippen molar-refractivity contribution in [2.45, 2.75) is 44.8 Å². The molecule has 1 amide bonds. The molecule has 0 aliphatic carbocycles. The number of amides is 1. The highest BCUT2D eigenvalue weighted by atomic mass is 32.2. The Hall–Kier alpha value is -2.67. The Labute approximate surface area is 174 Å². The van der Waals surface area contributed by atoms with E-state index in [0.29, 0.717) is 29.0 Å². The molecule has 0 fully saturated rings. The number of carbonyl (C=O) groups is 1. The molecule has 1 unspecified atom stereocenters. The number of anilines is 1. The Kier molecular flexibility index (Phi) is 7.04. The lowest BCUT2D eigenvalue weighted by molar-refractivity contribution is -0.113. The van der Waals surface area contributed by atoms with Gasteiger partial charge in [0.1, 0.15) is 5.82 Å². The van der Waals surface area contributed by atoms with Crippen molar-refractivity contribution in [2.24, 2.45) is 0 Å². The van der Waals surface area contributed by atoms with Crippen LogP contribution in [0.3, 0.4) is 0 Å². The summed E-state index contributed by atoms with van der Waals surface area (Å²) in [5, 5.41) is 11.8. The SMILES string of the molecule is CCC(C)c1ccc(NC(=O)CSc2nnc(-c3ccccc3F)n2CC)cc1. The smallest absolute Gasteiger partial charge is 0.234 e. The molecule has 7 heteroatoms. The van der Waals surface area contributed by atoms with Gasteiger partial charge in [-0.3, -0.25) is 4.79 Å². The van der Waals surface area contributed by atoms with Crippen LogP contribution in [-0.4, -0.2) is 26.4 Å². The van der Waals surface area contributed by atoms with Crippen molar-refractivity contribution in [1.82, 2.24) is 14.8 Å². The van der Waals surface area contributed by atoms with Crippen molar-refractivity contribution in [3.63, 3.8) is 0 Å². The van der Waals surface area contributed by atoms with Crippen molar-refractivity contribution in [3.8, 4) is 11.4 Å². The van der Waals surface area contributed by atoms with Gasteiger partial charge in [-0.1, -0.05) is 49.9 Å². The molecule has 5 nitrogen and oxygen atoms in total. The molecule has 0 bridgehead atoms. The highest BCUT2D eigenvalue weighted by Gasteiger charge is 2.17. The van der Waals surface area contributed by atoms with Crippen molar-refractivity contribution in [1.29, 1.82) is 0 Å². The fourth-order valence-corrected chi connectivity index (χ4v) is 3.78. The maximum atomic E-state index is 14.1. The Bertz CT molecular complexity index is 971. The topological polar surface area (TPSA) is 59.8 Å². The minimum Gasteiger partial charge on any atom is -0.325 e. The standard InChI is InChI=1S/C22H25FN4OS/c1-4-15(3)16-10-12-17(13-11-16)24-20(28)14-29-22-26-25-21(27(22)5-2)18-8-6-7-9-19(18)23/h6-13,15H,4-5,14H2,1-3H3,(H,24,28). The molecular formula is C22H25FN4OS. The quantitative estimate of drug-likeness (QED) is 0.507. The number of halogens is 1. The third-order valence-corrected chi connectivity index (χ3v) is 5.82. The summed E-state index contributed by atoms with van der Waals surface area (Å²) in [4.78, 5) is 12.3. The fraction of sp³-hybridized carbons (Fsp3) is 0.318. The van der Waals surface area contributed by atoms with Gasteiger partial charge in [0.2, 0.25) is 5.91 Å².